The van der Waals surface area contributed by atoms with Gasteiger partial charge in [-0.15, -0.1) is 0 Å². The van der Waals surface area contributed by atoms with Gasteiger partial charge in [0.05, 0.1) is 18.9 Å². The van der Waals surface area contributed by atoms with E-state index in [9.17, 15) is 9.90 Å². The van der Waals surface area contributed by atoms with Crippen molar-refractivity contribution in [3.63, 3.8) is 0 Å². The van der Waals surface area contributed by atoms with E-state index in [1.165, 1.54) is 6.07 Å². The Kier molecular flexibility index (Phi) is 3.49. The Bertz CT molecular complexity index is 462. The predicted octanol–water partition coefficient (Wildman–Crippen LogP) is 0.232. The standard InChI is InChI=1S/C12H18N2O3/c1-9-7-11(15)12(16)10(13(9)2)8-14-3-5-17-6-4-14/h7,16H,3-6,8H2,1-2H3. The van der Waals surface area contributed by atoms with Gasteiger partial charge in [0.25, 0.3) is 0 Å². The molecule has 1 aromatic heterocycles. The van der Waals surface area contributed by atoms with Crippen molar-refractivity contribution in [1.82, 2.24) is 9.47 Å². The number of morpholine rings is 1. The Labute approximate surface area is 100 Å². The lowest BCUT2D eigenvalue weighted by molar-refractivity contribution is 0.0328. The molecule has 0 spiro atoms. The summed E-state index contributed by atoms with van der Waals surface area (Å²) in [5.74, 6) is -0.135. The monoisotopic (exact) mass is 238 g/mol. The van der Waals surface area contributed by atoms with Crippen LogP contribution in [0.15, 0.2) is 10.9 Å². The largest absolute Gasteiger partial charge is 0.503 e. The minimum absolute atomic E-state index is 0.135. The van der Waals surface area contributed by atoms with E-state index in [1.54, 1.807) is 0 Å². The number of hydrogen-bond acceptors (Lipinski definition) is 4. The Hall–Kier alpha value is -1.33. The average molecular weight is 238 g/mol. The van der Waals surface area contributed by atoms with E-state index in [0.29, 0.717) is 25.5 Å². The number of rotatable bonds is 2. The maximum Gasteiger partial charge on any atom is 0.223 e. The maximum atomic E-state index is 11.5. The molecular formula is C12H18N2O3. The number of aryl methyl sites for hydroxylation is 1. The lowest BCUT2D eigenvalue weighted by Crippen LogP contribution is -2.36. The summed E-state index contributed by atoms with van der Waals surface area (Å²) >= 11 is 0. The highest BCUT2D eigenvalue weighted by Gasteiger charge is 2.16. The van der Waals surface area contributed by atoms with E-state index < -0.39 is 0 Å². The molecule has 0 amide bonds. The van der Waals surface area contributed by atoms with Crippen LogP contribution in [0.5, 0.6) is 5.75 Å². The topological polar surface area (TPSA) is 54.7 Å². The highest BCUT2D eigenvalue weighted by molar-refractivity contribution is 5.29. The highest BCUT2D eigenvalue weighted by Crippen LogP contribution is 2.15. The normalized spacial score (nSPS) is 17.3. The molecule has 0 saturated carbocycles. The van der Waals surface area contributed by atoms with Crippen LogP contribution in [0.3, 0.4) is 0 Å². The van der Waals surface area contributed by atoms with Crippen LogP contribution in [0.4, 0.5) is 0 Å². The summed E-state index contributed by atoms with van der Waals surface area (Å²) in [7, 11) is 1.87. The van der Waals surface area contributed by atoms with Gasteiger partial charge >= 0.3 is 0 Å². The quantitative estimate of drug-likeness (QED) is 0.801. The van der Waals surface area contributed by atoms with Crippen molar-refractivity contribution in [2.24, 2.45) is 7.05 Å². The third-order valence-corrected chi connectivity index (χ3v) is 3.26. The van der Waals surface area contributed by atoms with Gasteiger partial charge in [-0.25, -0.2) is 0 Å². The molecule has 94 valence electrons. The number of pyridine rings is 1. The minimum atomic E-state index is -0.302. The smallest absolute Gasteiger partial charge is 0.223 e. The molecule has 1 aromatic rings. The highest BCUT2D eigenvalue weighted by atomic mass is 16.5. The Morgan fingerprint density at radius 2 is 2.06 bits per heavy atom. The molecule has 1 saturated heterocycles. The lowest BCUT2D eigenvalue weighted by atomic mass is 10.2. The summed E-state index contributed by atoms with van der Waals surface area (Å²) < 4.78 is 7.14. The van der Waals surface area contributed by atoms with Gasteiger partial charge < -0.3 is 14.4 Å². The van der Waals surface area contributed by atoms with Crippen molar-refractivity contribution < 1.29 is 9.84 Å². The molecule has 0 unspecified atom stereocenters. The molecule has 0 radical (unpaired) electrons. The van der Waals surface area contributed by atoms with Crippen LogP contribution < -0.4 is 5.43 Å². The number of nitrogens with zero attached hydrogens (tertiary/aromatic N) is 2. The molecule has 0 aromatic carbocycles. The average Bonchev–Trinajstić information content (AvgIpc) is 2.33. The number of hydrogen-bond donors (Lipinski definition) is 1. The van der Waals surface area contributed by atoms with Crippen molar-refractivity contribution in [3.8, 4) is 5.75 Å². The minimum Gasteiger partial charge on any atom is -0.503 e. The lowest BCUT2D eigenvalue weighted by Gasteiger charge is -2.27. The van der Waals surface area contributed by atoms with Crippen molar-refractivity contribution in [1.29, 1.82) is 0 Å². The van der Waals surface area contributed by atoms with Gasteiger partial charge in [0, 0.05) is 38.4 Å². The molecule has 0 bridgehead atoms. The predicted molar refractivity (Wildman–Crippen MR) is 64.2 cm³/mol. The first-order valence-corrected chi connectivity index (χ1v) is 5.78. The van der Waals surface area contributed by atoms with Gasteiger partial charge in [-0.1, -0.05) is 0 Å². The van der Waals surface area contributed by atoms with Crippen LogP contribution in [0.2, 0.25) is 0 Å². The third-order valence-electron chi connectivity index (χ3n) is 3.26. The van der Waals surface area contributed by atoms with E-state index >= 15 is 0 Å². The summed E-state index contributed by atoms with van der Waals surface area (Å²) in [5, 5.41) is 9.84. The second kappa shape index (κ2) is 4.89. The zero-order valence-corrected chi connectivity index (χ0v) is 10.3. The van der Waals surface area contributed by atoms with Crippen LogP contribution in [0, 0.1) is 6.92 Å². The molecule has 5 heteroatoms. The van der Waals surface area contributed by atoms with Gasteiger partial charge in [-0.3, -0.25) is 9.69 Å². The zero-order valence-electron chi connectivity index (χ0n) is 10.3. The molecule has 1 N–H and O–H groups in total. The molecule has 2 heterocycles. The molecule has 1 fully saturated rings. The third kappa shape index (κ3) is 2.50. The molecular weight excluding hydrogens is 220 g/mol. The zero-order chi connectivity index (χ0) is 12.4. The molecule has 2 rings (SSSR count). The summed E-state index contributed by atoms with van der Waals surface area (Å²) in [6, 6.07) is 1.46. The van der Waals surface area contributed by atoms with Crippen LogP contribution in [-0.4, -0.2) is 40.9 Å². The molecule has 1 aliphatic rings. The fourth-order valence-electron chi connectivity index (χ4n) is 2.02. The van der Waals surface area contributed by atoms with E-state index in [1.807, 2.05) is 18.5 Å². The van der Waals surface area contributed by atoms with Gasteiger partial charge in [-0.2, -0.15) is 0 Å². The molecule has 0 aliphatic carbocycles. The molecule has 1 aliphatic heterocycles. The SMILES string of the molecule is Cc1cc(=O)c(O)c(CN2CCOCC2)n1C. The first kappa shape index (κ1) is 12.1. The van der Waals surface area contributed by atoms with Crippen molar-refractivity contribution >= 4 is 0 Å². The first-order valence-electron chi connectivity index (χ1n) is 5.78. The molecule has 17 heavy (non-hydrogen) atoms. The second-order valence-electron chi connectivity index (χ2n) is 4.39. The number of ether oxygens (including phenoxy) is 1. The second-order valence-corrected chi connectivity index (χ2v) is 4.39. The summed E-state index contributed by atoms with van der Waals surface area (Å²) in [4.78, 5) is 13.7. The Balaban J connectivity index is 2.28. The van der Waals surface area contributed by atoms with Crippen LogP contribution in [-0.2, 0) is 18.3 Å². The van der Waals surface area contributed by atoms with Gasteiger partial charge in [-0.05, 0) is 6.92 Å². The fraction of sp³-hybridized carbons (Fsp3) is 0.583. The molecule has 0 atom stereocenters. The van der Waals surface area contributed by atoms with E-state index in [0.717, 1.165) is 18.8 Å². The van der Waals surface area contributed by atoms with E-state index in [-0.39, 0.29) is 11.2 Å². The Morgan fingerprint density at radius 1 is 1.41 bits per heavy atom. The van der Waals surface area contributed by atoms with Gasteiger partial charge in [0.1, 0.15) is 0 Å². The van der Waals surface area contributed by atoms with Crippen molar-refractivity contribution in [3.05, 3.63) is 27.7 Å². The van der Waals surface area contributed by atoms with Gasteiger partial charge in [0.2, 0.25) is 5.43 Å². The van der Waals surface area contributed by atoms with E-state index in [2.05, 4.69) is 4.90 Å². The summed E-state index contributed by atoms with van der Waals surface area (Å²) in [5.41, 5.74) is 1.23. The van der Waals surface area contributed by atoms with Crippen LogP contribution in [0.25, 0.3) is 0 Å². The molecule has 5 nitrogen and oxygen atoms in total. The van der Waals surface area contributed by atoms with Crippen LogP contribution in [0.1, 0.15) is 11.4 Å². The fourth-order valence-corrected chi connectivity index (χ4v) is 2.02. The first-order chi connectivity index (χ1) is 8.09. The van der Waals surface area contributed by atoms with Crippen LogP contribution >= 0.6 is 0 Å². The van der Waals surface area contributed by atoms with Crippen molar-refractivity contribution in [2.75, 3.05) is 26.3 Å². The summed E-state index contributed by atoms with van der Waals surface area (Å²) in [6.07, 6.45) is 0. The van der Waals surface area contributed by atoms with E-state index in [4.69, 9.17) is 4.74 Å². The summed E-state index contributed by atoms with van der Waals surface area (Å²) in [6.45, 7) is 5.54. The number of aromatic hydroxyl groups is 1. The van der Waals surface area contributed by atoms with Crippen molar-refractivity contribution in [2.45, 2.75) is 13.5 Å². The maximum absolute atomic E-state index is 11.5. The van der Waals surface area contributed by atoms with Gasteiger partial charge in [0.15, 0.2) is 5.75 Å². The number of aromatic nitrogens is 1. The Morgan fingerprint density at radius 3 is 2.71 bits per heavy atom.